The van der Waals surface area contributed by atoms with Gasteiger partial charge in [-0.25, -0.2) is 39.9 Å². The van der Waals surface area contributed by atoms with E-state index in [0.29, 0.717) is 46.5 Å². The van der Waals surface area contributed by atoms with Gasteiger partial charge in [-0.2, -0.15) is 0 Å². The maximum absolute atomic E-state index is 5.32. The zero-order chi connectivity index (χ0) is 91.2. The maximum atomic E-state index is 5.32. The first kappa shape index (κ1) is 85.1. The van der Waals surface area contributed by atoms with Crippen molar-refractivity contribution in [2.45, 2.75) is 187 Å². The van der Waals surface area contributed by atoms with Crippen LogP contribution in [0.5, 0.6) is 0 Å². The van der Waals surface area contributed by atoms with Crippen LogP contribution in [0.3, 0.4) is 0 Å². The largest absolute Gasteiger partial charge is 0.256 e. The van der Waals surface area contributed by atoms with E-state index >= 15 is 0 Å². The minimum absolute atomic E-state index is 0.00254. The molecule has 4 aliphatic rings. The van der Waals surface area contributed by atoms with Crippen molar-refractivity contribution in [3.05, 3.63) is 360 Å². The van der Waals surface area contributed by atoms with E-state index in [0.717, 1.165) is 165 Å². The zero-order valence-corrected chi connectivity index (χ0v) is 78.4. The van der Waals surface area contributed by atoms with Crippen molar-refractivity contribution >= 4 is 18.3 Å². The Kier molecular flexibility index (Phi) is 20.6. The highest BCUT2D eigenvalue weighted by Crippen LogP contribution is 2.55. The quantitative estimate of drug-likeness (QED) is 0.0643. The molecule has 11 aromatic carbocycles. The number of hydrogen-bond acceptors (Lipinski definition) is 10. The smallest absolute Gasteiger partial charge is 0.165 e. The van der Waals surface area contributed by atoms with E-state index in [1.807, 2.05) is 37.6 Å². The van der Waals surface area contributed by atoms with Gasteiger partial charge in [-0.15, -0.1) is 0 Å². The summed E-state index contributed by atoms with van der Waals surface area (Å²) in [5.41, 5.74) is 36.9. The molecule has 0 saturated heterocycles. The fourth-order valence-electron chi connectivity index (χ4n) is 23.0. The lowest BCUT2D eigenvalue weighted by atomic mass is 9.82. The van der Waals surface area contributed by atoms with Crippen LogP contribution in [-0.2, 0) is 43.3 Å². The molecule has 0 bridgehead atoms. The number of hydrogen-bond donors (Lipinski definition) is 0. The molecule has 11 nitrogen and oxygen atoms in total. The first-order valence-electron chi connectivity index (χ1n) is 46.0. The lowest BCUT2D eigenvalue weighted by molar-refractivity contribution is 0.402. The molecule has 0 fully saturated rings. The van der Waals surface area contributed by atoms with Gasteiger partial charge in [-0.3, -0.25) is 15.0 Å². The number of fused-ring (bicyclic) bond motifs is 4. The Labute approximate surface area is 771 Å². The number of nitrogens with zero attached hydrogens (tertiary/aromatic N) is 11. The zero-order valence-electron chi connectivity index (χ0n) is 78.4. The van der Waals surface area contributed by atoms with Crippen LogP contribution >= 0.6 is 0 Å². The molecule has 0 saturated carbocycles. The molecule has 0 unspecified atom stereocenters. The Morgan fingerprint density at radius 3 is 0.809 bits per heavy atom. The number of amidine groups is 1. The normalized spacial score (nSPS) is 16.5. The molecule has 16 aromatic rings. The SMILES string of the molecule is C=N/C(=N\C(=C)c1ccc(-c2ccc(-c3ccccc3-c3cc(-c4ccccc4-c4ccc(-c5ccc(-c6nc(C)nc(-c7ccc8c(c7)C(C)(C)CC8(C)C)n6)cn5)cc4)cc(-c4ccccc4-c4ccc(-c5ccc(-c6nc(-c7ccc8c(c7)C(C)(C)CC8(C)C)nc(-c7ccc8c(c7)C(C)(C)CC8(C)C)n6)cn5)cc4)c3)cc2)nc1)c1ccc2c(c1)C(C)(C)CC2(C)C. The number of rotatable bonds is 17. The second-order valence-corrected chi connectivity index (χ2v) is 42.2. The summed E-state index contributed by atoms with van der Waals surface area (Å²) < 4.78 is 0. The van der Waals surface area contributed by atoms with Crippen LogP contribution in [0.1, 0.15) is 198 Å². The molecule has 0 aliphatic heterocycles. The molecule has 5 heterocycles. The summed E-state index contributed by atoms with van der Waals surface area (Å²) in [7, 11) is 0. The molecule has 0 N–H and O–H groups in total. The van der Waals surface area contributed by atoms with Gasteiger partial charge in [0, 0.05) is 74.2 Å². The third-order valence-electron chi connectivity index (χ3n) is 28.5. The van der Waals surface area contributed by atoms with Gasteiger partial charge in [0.2, 0.25) is 0 Å². The molecule has 0 amide bonds. The van der Waals surface area contributed by atoms with Crippen molar-refractivity contribution in [1.29, 1.82) is 0 Å². The van der Waals surface area contributed by atoms with Crippen LogP contribution in [0.4, 0.5) is 0 Å². The predicted molar refractivity (Wildman–Crippen MR) is 542 cm³/mol. The highest BCUT2D eigenvalue weighted by atomic mass is 15.0. The lowest BCUT2D eigenvalue weighted by Gasteiger charge is -2.22. The number of aryl methyl sites for hydroxylation is 1. The van der Waals surface area contributed by atoms with E-state index in [2.05, 4.69) is 390 Å². The van der Waals surface area contributed by atoms with Crippen molar-refractivity contribution in [2.75, 3.05) is 0 Å². The van der Waals surface area contributed by atoms with Crippen molar-refractivity contribution in [2.24, 2.45) is 9.98 Å². The van der Waals surface area contributed by atoms with E-state index in [-0.39, 0.29) is 43.3 Å². The van der Waals surface area contributed by atoms with Crippen LogP contribution in [-0.4, -0.2) is 57.4 Å². The number of aliphatic imine (C=N–C) groups is 2. The monoisotopic (exact) mass is 1710 g/mol. The van der Waals surface area contributed by atoms with Crippen molar-refractivity contribution < 1.29 is 0 Å². The highest BCUT2D eigenvalue weighted by molar-refractivity contribution is 6.04. The molecular formula is C120H111N11. The molecule has 11 heteroatoms. The van der Waals surface area contributed by atoms with E-state index in [1.54, 1.807) is 0 Å². The van der Waals surface area contributed by atoms with E-state index in [4.69, 9.17) is 49.8 Å². The van der Waals surface area contributed by atoms with Gasteiger partial charge in [0.1, 0.15) is 5.82 Å². The number of pyridine rings is 3. The minimum Gasteiger partial charge on any atom is -0.256 e. The first-order valence-corrected chi connectivity index (χ1v) is 46.0. The fourth-order valence-corrected chi connectivity index (χ4v) is 23.0. The fraction of sp³-hybridized carbons (Fsp3) is 0.242. The van der Waals surface area contributed by atoms with Crippen LogP contribution in [0, 0.1) is 6.92 Å². The molecule has 0 radical (unpaired) electrons. The van der Waals surface area contributed by atoms with Gasteiger partial charge in [0.05, 0.1) is 22.8 Å². The van der Waals surface area contributed by atoms with Crippen LogP contribution in [0.15, 0.2) is 308 Å². The molecule has 4 aliphatic carbocycles. The van der Waals surface area contributed by atoms with Crippen molar-refractivity contribution in [3.8, 4) is 157 Å². The van der Waals surface area contributed by atoms with Gasteiger partial charge in [-0.05, 0) is 273 Å². The average Bonchev–Trinajstić information content (AvgIpc) is 1.56. The van der Waals surface area contributed by atoms with E-state index in [1.165, 1.54) is 44.5 Å². The van der Waals surface area contributed by atoms with E-state index < -0.39 is 0 Å². The topological polar surface area (TPSA) is 141 Å². The number of aromatic nitrogens is 9. The summed E-state index contributed by atoms with van der Waals surface area (Å²) in [6.45, 7) is 47.8. The molecular weight excluding hydrogens is 1600 g/mol. The van der Waals surface area contributed by atoms with Gasteiger partial charge >= 0.3 is 0 Å². The van der Waals surface area contributed by atoms with Gasteiger partial charge < -0.3 is 0 Å². The summed E-state index contributed by atoms with van der Waals surface area (Å²) in [4.78, 5) is 55.2. The first-order chi connectivity index (χ1) is 62.5. The second-order valence-electron chi connectivity index (χ2n) is 42.2. The molecule has 20 rings (SSSR count). The predicted octanol–water partition coefficient (Wildman–Crippen LogP) is 29.8. The van der Waals surface area contributed by atoms with Gasteiger partial charge in [0.25, 0.3) is 0 Å². The van der Waals surface area contributed by atoms with Gasteiger partial charge in [0.15, 0.2) is 35.0 Å². The summed E-state index contributed by atoms with van der Waals surface area (Å²) in [6.07, 6.45) is 9.94. The molecule has 0 spiro atoms. The molecule has 131 heavy (non-hydrogen) atoms. The van der Waals surface area contributed by atoms with Crippen LogP contribution in [0.25, 0.3) is 163 Å². The Hall–Kier alpha value is -14.0. The van der Waals surface area contributed by atoms with Crippen molar-refractivity contribution in [3.63, 3.8) is 0 Å². The lowest BCUT2D eigenvalue weighted by Crippen LogP contribution is -2.18. The average molecular weight is 1710 g/mol. The summed E-state index contributed by atoms with van der Waals surface area (Å²) >= 11 is 0. The molecule has 5 aromatic heterocycles. The van der Waals surface area contributed by atoms with E-state index in [9.17, 15) is 0 Å². The van der Waals surface area contributed by atoms with Crippen LogP contribution < -0.4 is 0 Å². The minimum atomic E-state index is 0.00254. The summed E-state index contributed by atoms with van der Waals surface area (Å²) in [5.74, 6) is 4.35. The summed E-state index contributed by atoms with van der Waals surface area (Å²) in [6, 6.07) is 99.2. The Morgan fingerprint density at radius 1 is 0.244 bits per heavy atom. The third-order valence-corrected chi connectivity index (χ3v) is 28.5. The Balaban J connectivity index is 0.620. The van der Waals surface area contributed by atoms with Gasteiger partial charge in [-0.1, -0.05) is 311 Å². The van der Waals surface area contributed by atoms with Crippen molar-refractivity contribution in [1.82, 2.24) is 44.9 Å². The maximum Gasteiger partial charge on any atom is 0.165 e. The molecule has 0 atom stereocenters. The number of benzene rings is 11. The second kappa shape index (κ2) is 31.7. The third kappa shape index (κ3) is 15.8. The standard InChI is InChI=1S/C120H111N11/c1-72(125-107(121-19)80-44-51-96-100(61-80)117(11,12)68-113(96,3)4)84-48-55-104(122-65-84)77-38-32-74(33-39-77)90-26-20-23-29-93(90)87-58-88(94-30-24-21-27-91(94)75-34-40-78(41-35-75)105-56-49-85(66-123-105)111-127-73(2)126-108(128-111)81-45-52-97-101(62-81)118(13,14)69-114(97,5)6)60-89(59-87)95-31-25-22-28-92(95)76-36-42-79(43-37-76)106-57-50-86(67-124-106)112-130-109(82-46-53-98-102(63-82)119(15,16)70-115(98,7)8)129-110(131-112)83-47-54-99-103(64-83)120(17,18)71-116(99,9)10/h20-67H,1,19,68-71H2,2-18H3/b125-107-. The Bertz CT molecular complexity index is 7230. The summed E-state index contributed by atoms with van der Waals surface area (Å²) in [5, 5.41) is 0. The van der Waals surface area contributed by atoms with Crippen LogP contribution in [0.2, 0.25) is 0 Å². The highest BCUT2D eigenvalue weighted by Gasteiger charge is 2.46. The Morgan fingerprint density at radius 2 is 0.496 bits per heavy atom. The molecule has 646 valence electrons.